The summed E-state index contributed by atoms with van der Waals surface area (Å²) in [4.78, 5) is 38.0. The average Bonchev–Trinajstić information content (AvgIpc) is 3.28. The topological polar surface area (TPSA) is 78.9 Å². The fourth-order valence-corrected chi connectivity index (χ4v) is 7.38. The lowest BCUT2D eigenvalue weighted by atomic mass is 10.1. The molecule has 0 rings (SSSR count). The lowest BCUT2D eigenvalue weighted by Crippen LogP contribution is -2.30. The van der Waals surface area contributed by atoms with E-state index in [0.717, 1.165) is 109 Å². The first-order chi connectivity index (χ1) is 31.0. The van der Waals surface area contributed by atoms with Gasteiger partial charge in [-0.1, -0.05) is 197 Å². The van der Waals surface area contributed by atoms with E-state index < -0.39 is 6.10 Å². The van der Waals surface area contributed by atoms with Crippen LogP contribution in [0.25, 0.3) is 0 Å². The smallest absolute Gasteiger partial charge is 0.306 e. The number of hydrogen-bond donors (Lipinski definition) is 0. The molecule has 0 aliphatic rings. The number of esters is 3. The lowest BCUT2D eigenvalue weighted by Gasteiger charge is -2.18. The number of allylic oxidation sites excluding steroid dienone is 10. The molecular weight excluding hydrogens is 781 g/mol. The van der Waals surface area contributed by atoms with Crippen molar-refractivity contribution in [3.05, 3.63) is 60.8 Å². The summed E-state index contributed by atoms with van der Waals surface area (Å²) in [5.74, 6) is -0.919. The van der Waals surface area contributed by atoms with E-state index in [9.17, 15) is 14.4 Å². The fourth-order valence-electron chi connectivity index (χ4n) is 7.38. The fraction of sp³-hybridized carbons (Fsp3) is 0.772. The van der Waals surface area contributed by atoms with Crippen molar-refractivity contribution in [3.63, 3.8) is 0 Å². The molecule has 1 unspecified atom stereocenters. The molecule has 0 N–H and O–H groups in total. The molecule has 6 nitrogen and oxygen atoms in total. The summed E-state index contributed by atoms with van der Waals surface area (Å²) in [6.45, 7) is 6.56. The Morgan fingerprint density at radius 2 is 0.571 bits per heavy atom. The molecule has 0 amide bonds. The van der Waals surface area contributed by atoms with Gasteiger partial charge in [-0.25, -0.2) is 0 Å². The van der Waals surface area contributed by atoms with E-state index in [1.807, 2.05) is 0 Å². The Kier molecular flexibility index (Phi) is 49.4. The molecule has 0 fully saturated rings. The van der Waals surface area contributed by atoms with Gasteiger partial charge in [0.05, 0.1) is 0 Å². The highest BCUT2D eigenvalue weighted by molar-refractivity contribution is 5.71. The second-order valence-electron chi connectivity index (χ2n) is 17.8. The van der Waals surface area contributed by atoms with Gasteiger partial charge >= 0.3 is 17.9 Å². The highest BCUT2D eigenvalue weighted by atomic mass is 16.6. The molecule has 0 aromatic carbocycles. The average molecular weight is 881 g/mol. The van der Waals surface area contributed by atoms with Crippen molar-refractivity contribution in [2.75, 3.05) is 13.2 Å². The number of unbranched alkanes of at least 4 members (excludes halogenated alkanes) is 27. The largest absolute Gasteiger partial charge is 0.462 e. The first kappa shape index (κ1) is 60.1. The third-order valence-corrected chi connectivity index (χ3v) is 11.5. The van der Waals surface area contributed by atoms with Crippen LogP contribution in [0.15, 0.2) is 60.8 Å². The third kappa shape index (κ3) is 50.0. The molecule has 63 heavy (non-hydrogen) atoms. The van der Waals surface area contributed by atoms with Crippen LogP contribution in [0.3, 0.4) is 0 Å². The van der Waals surface area contributed by atoms with Crippen molar-refractivity contribution >= 4 is 17.9 Å². The molecule has 0 aromatic heterocycles. The van der Waals surface area contributed by atoms with E-state index in [4.69, 9.17) is 14.2 Å². The number of hydrogen-bond acceptors (Lipinski definition) is 6. The van der Waals surface area contributed by atoms with Gasteiger partial charge in [0.1, 0.15) is 13.2 Å². The van der Waals surface area contributed by atoms with Crippen molar-refractivity contribution in [1.29, 1.82) is 0 Å². The highest BCUT2D eigenvalue weighted by Crippen LogP contribution is 2.14. The van der Waals surface area contributed by atoms with E-state index in [1.165, 1.54) is 116 Å². The van der Waals surface area contributed by atoms with Crippen molar-refractivity contribution < 1.29 is 28.6 Å². The summed E-state index contributed by atoms with van der Waals surface area (Å²) in [5, 5.41) is 0. The molecule has 364 valence electrons. The lowest BCUT2D eigenvalue weighted by molar-refractivity contribution is -0.167. The molecule has 0 bridgehead atoms. The molecular formula is C57H100O6. The van der Waals surface area contributed by atoms with Gasteiger partial charge in [0, 0.05) is 19.3 Å². The van der Waals surface area contributed by atoms with Crippen LogP contribution < -0.4 is 0 Å². The van der Waals surface area contributed by atoms with Crippen LogP contribution in [0, 0.1) is 0 Å². The van der Waals surface area contributed by atoms with E-state index in [-0.39, 0.29) is 31.1 Å². The summed E-state index contributed by atoms with van der Waals surface area (Å²) < 4.78 is 16.8. The molecule has 0 heterocycles. The molecule has 0 radical (unpaired) electrons. The maximum absolute atomic E-state index is 12.8. The van der Waals surface area contributed by atoms with Gasteiger partial charge in [-0.3, -0.25) is 14.4 Å². The zero-order valence-corrected chi connectivity index (χ0v) is 41.6. The Morgan fingerprint density at radius 1 is 0.317 bits per heavy atom. The number of ether oxygens (including phenoxy) is 3. The van der Waals surface area contributed by atoms with Crippen molar-refractivity contribution in [2.45, 2.75) is 271 Å². The van der Waals surface area contributed by atoms with Gasteiger partial charge in [-0.2, -0.15) is 0 Å². The second-order valence-corrected chi connectivity index (χ2v) is 17.8. The SMILES string of the molecule is CCCCC/C=C/CC=CCCCCCCCC(=O)OCC(COC(=O)CCCCCCCC=CCCCCCCCC)OC(=O)CCCCCCCC=CC/C=C/CCCCC. The maximum atomic E-state index is 12.8. The Balaban J connectivity index is 4.44. The maximum Gasteiger partial charge on any atom is 0.306 e. The zero-order valence-electron chi connectivity index (χ0n) is 41.6. The molecule has 6 heteroatoms. The highest BCUT2D eigenvalue weighted by Gasteiger charge is 2.19. The van der Waals surface area contributed by atoms with Crippen LogP contribution in [-0.4, -0.2) is 37.2 Å². The van der Waals surface area contributed by atoms with Gasteiger partial charge in [0.25, 0.3) is 0 Å². The molecule has 0 saturated carbocycles. The molecule has 0 aliphatic carbocycles. The van der Waals surface area contributed by atoms with Crippen LogP contribution in [0.4, 0.5) is 0 Å². The standard InChI is InChI=1S/C57H100O6/c1-4-7-10-13-16-19-22-25-28-31-34-37-40-43-46-49-55(58)61-52-54(63-57(60)51-48-45-42-39-36-33-30-27-24-21-18-15-12-9-6-3)53-62-56(59)50-47-44-41-38-35-32-29-26-23-20-17-14-11-8-5-2/h16,18-19,21,25-30,54H,4-15,17,20,22-24,31-53H2,1-3H3/b19-16+,21-18+,28-25?,29-26?,30-27?. The number of carbonyl (C=O) groups excluding carboxylic acids is 3. The summed E-state index contributed by atoms with van der Waals surface area (Å²) in [6.07, 6.45) is 63.4. The van der Waals surface area contributed by atoms with Crippen molar-refractivity contribution in [3.8, 4) is 0 Å². The zero-order chi connectivity index (χ0) is 45.8. The summed E-state index contributed by atoms with van der Waals surface area (Å²) in [6, 6.07) is 0. The third-order valence-electron chi connectivity index (χ3n) is 11.5. The van der Waals surface area contributed by atoms with Gasteiger partial charge in [-0.15, -0.1) is 0 Å². The van der Waals surface area contributed by atoms with E-state index >= 15 is 0 Å². The van der Waals surface area contributed by atoms with Gasteiger partial charge < -0.3 is 14.2 Å². The predicted molar refractivity (Wildman–Crippen MR) is 270 cm³/mol. The van der Waals surface area contributed by atoms with Crippen LogP contribution in [-0.2, 0) is 28.6 Å². The van der Waals surface area contributed by atoms with Crippen LogP contribution in [0.5, 0.6) is 0 Å². The molecule has 0 aromatic rings. The Bertz CT molecular complexity index is 1150. The summed E-state index contributed by atoms with van der Waals surface area (Å²) in [5.41, 5.74) is 0. The molecule has 0 saturated heterocycles. The Hall–Kier alpha value is -2.89. The van der Waals surface area contributed by atoms with Crippen LogP contribution in [0.1, 0.15) is 265 Å². The van der Waals surface area contributed by atoms with Gasteiger partial charge in [-0.05, 0) is 109 Å². The normalized spacial score (nSPS) is 12.5. The van der Waals surface area contributed by atoms with Crippen molar-refractivity contribution in [2.24, 2.45) is 0 Å². The minimum Gasteiger partial charge on any atom is -0.462 e. The Labute approximate surface area is 390 Å². The Morgan fingerprint density at radius 3 is 0.921 bits per heavy atom. The molecule has 1 atom stereocenters. The number of rotatable bonds is 48. The summed E-state index contributed by atoms with van der Waals surface area (Å²) in [7, 11) is 0. The van der Waals surface area contributed by atoms with Crippen molar-refractivity contribution in [1.82, 2.24) is 0 Å². The van der Waals surface area contributed by atoms with Crippen LogP contribution >= 0.6 is 0 Å². The first-order valence-electron chi connectivity index (χ1n) is 26.8. The van der Waals surface area contributed by atoms with Crippen LogP contribution in [0.2, 0.25) is 0 Å². The molecule has 0 spiro atoms. The van der Waals surface area contributed by atoms with E-state index in [1.54, 1.807) is 0 Å². The predicted octanol–water partition coefficient (Wildman–Crippen LogP) is 17.6. The summed E-state index contributed by atoms with van der Waals surface area (Å²) >= 11 is 0. The minimum atomic E-state index is -0.790. The van der Waals surface area contributed by atoms with Gasteiger partial charge in [0.2, 0.25) is 0 Å². The second kappa shape index (κ2) is 51.7. The van der Waals surface area contributed by atoms with Gasteiger partial charge in [0.15, 0.2) is 6.10 Å². The molecule has 0 aliphatic heterocycles. The monoisotopic (exact) mass is 881 g/mol. The van der Waals surface area contributed by atoms with E-state index in [0.29, 0.717) is 19.3 Å². The quantitative estimate of drug-likeness (QED) is 0.0262. The van der Waals surface area contributed by atoms with E-state index in [2.05, 4.69) is 81.5 Å². The number of carbonyl (C=O) groups is 3. The first-order valence-corrected chi connectivity index (χ1v) is 26.8. The minimum absolute atomic E-state index is 0.0885.